The van der Waals surface area contributed by atoms with E-state index in [0.29, 0.717) is 47.7 Å². The first-order valence-electron chi connectivity index (χ1n) is 9.04. The summed E-state index contributed by atoms with van der Waals surface area (Å²) >= 11 is 11.8. The van der Waals surface area contributed by atoms with Gasteiger partial charge >= 0.3 is 0 Å². The van der Waals surface area contributed by atoms with Gasteiger partial charge in [-0.3, -0.25) is 14.6 Å². The smallest absolute Gasteiger partial charge is 0.251 e. The molecule has 1 aliphatic carbocycles. The number of guanidine groups is 1. The molecule has 10 heteroatoms. The van der Waals surface area contributed by atoms with E-state index >= 15 is 0 Å². The lowest BCUT2D eigenvalue weighted by molar-refractivity contribution is -0.122. The normalized spacial score (nSPS) is 13.3. The van der Waals surface area contributed by atoms with Crippen LogP contribution in [-0.4, -0.2) is 50.5 Å². The minimum absolute atomic E-state index is 0. The second-order valence-corrected chi connectivity index (χ2v) is 6.95. The lowest BCUT2D eigenvalue weighted by Crippen LogP contribution is -2.42. The van der Waals surface area contributed by atoms with Crippen LogP contribution in [0.4, 0.5) is 0 Å². The Morgan fingerprint density at radius 3 is 2.39 bits per heavy atom. The topological polar surface area (TPSA) is 94.6 Å². The van der Waals surface area contributed by atoms with Crippen LogP contribution in [-0.2, 0) is 4.79 Å². The van der Waals surface area contributed by atoms with E-state index in [0.717, 1.165) is 19.4 Å². The molecule has 156 valence electrons. The molecule has 4 N–H and O–H groups in total. The number of carbonyl (C=O) groups excluding carboxylic acids is 2. The molecule has 0 bridgehead atoms. The number of hydrogen-bond donors (Lipinski definition) is 4. The molecule has 0 radical (unpaired) electrons. The van der Waals surface area contributed by atoms with E-state index in [4.69, 9.17) is 23.2 Å². The minimum atomic E-state index is -0.222. The number of halogens is 3. The number of nitrogens with zero attached hydrogens (tertiary/aromatic N) is 1. The van der Waals surface area contributed by atoms with Crippen molar-refractivity contribution in [3.63, 3.8) is 0 Å². The first-order valence-corrected chi connectivity index (χ1v) is 9.80. The van der Waals surface area contributed by atoms with Crippen LogP contribution in [0.5, 0.6) is 0 Å². The molecule has 0 spiro atoms. The molecule has 1 aliphatic rings. The SMILES string of the molecule is CCNC(=NCCNC(=O)C1CC1)NCCNC(=O)c1ccc(Cl)c(Cl)c1.I. The molecule has 0 unspecified atom stereocenters. The van der Waals surface area contributed by atoms with E-state index in [9.17, 15) is 9.59 Å². The summed E-state index contributed by atoms with van der Waals surface area (Å²) in [6.45, 7) is 4.62. The van der Waals surface area contributed by atoms with Gasteiger partial charge in [-0.1, -0.05) is 23.2 Å². The van der Waals surface area contributed by atoms with Crippen molar-refractivity contribution in [3.05, 3.63) is 33.8 Å². The molecule has 1 saturated carbocycles. The van der Waals surface area contributed by atoms with Gasteiger partial charge in [0.05, 0.1) is 16.6 Å². The highest BCUT2D eigenvalue weighted by Crippen LogP contribution is 2.28. The number of benzene rings is 1. The van der Waals surface area contributed by atoms with Crippen molar-refractivity contribution < 1.29 is 9.59 Å². The van der Waals surface area contributed by atoms with Crippen molar-refractivity contribution in [2.45, 2.75) is 19.8 Å². The Labute approximate surface area is 192 Å². The van der Waals surface area contributed by atoms with E-state index in [2.05, 4.69) is 26.3 Å². The molecule has 0 aliphatic heterocycles. The fourth-order valence-electron chi connectivity index (χ4n) is 2.27. The van der Waals surface area contributed by atoms with Crippen LogP contribution < -0.4 is 21.3 Å². The summed E-state index contributed by atoms with van der Waals surface area (Å²) in [5.41, 5.74) is 0.455. The Morgan fingerprint density at radius 2 is 1.75 bits per heavy atom. The molecule has 0 heterocycles. The molecular formula is C18H26Cl2IN5O2. The molecule has 1 aromatic rings. The van der Waals surface area contributed by atoms with Crippen LogP contribution in [0.1, 0.15) is 30.1 Å². The summed E-state index contributed by atoms with van der Waals surface area (Å²) in [6.07, 6.45) is 1.99. The highest BCUT2D eigenvalue weighted by atomic mass is 127. The van der Waals surface area contributed by atoms with Gasteiger partial charge in [-0.15, -0.1) is 24.0 Å². The zero-order valence-corrected chi connectivity index (χ0v) is 19.5. The maximum absolute atomic E-state index is 12.1. The fourth-order valence-corrected chi connectivity index (χ4v) is 2.57. The highest BCUT2D eigenvalue weighted by Gasteiger charge is 2.28. The summed E-state index contributed by atoms with van der Waals surface area (Å²) in [6, 6.07) is 4.75. The minimum Gasteiger partial charge on any atom is -0.357 e. The van der Waals surface area contributed by atoms with Crippen LogP contribution in [0.25, 0.3) is 0 Å². The summed E-state index contributed by atoms with van der Waals surface area (Å²) in [5.74, 6) is 0.745. The molecule has 1 aromatic carbocycles. The van der Waals surface area contributed by atoms with E-state index in [-0.39, 0.29) is 41.7 Å². The standard InChI is InChI=1S/C18H25Cl2N5O2.HI/c1-2-21-18(24-9-7-22-16(26)12-3-4-12)25-10-8-23-17(27)13-5-6-14(19)15(20)11-13;/h5-6,11-12H,2-4,7-10H2,1H3,(H,22,26)(H,23,27)(H2,21,24,25);1H. The van der Waals surface area contributed by atoms with E-state index in [1.54, 1.807) is 12.1 Å². The first kappa shape index (κ1) is 24.8. The van der Waals surface area contributed by atoms with Gasteiger partial charge in [-0.25, -0.2) is 0 Å². The summed E-state index contributed by atoms with van der Waals surface area (Å²) in [7, 11) is 0. The number of amides is 2. The first-order chi connectivity index (χ1) is 13.0. The van der Waals surface area contributed by atoms with Gasteiger partial charge in [0, 0.05) is 37.7 Å². The summed E-state index contributed by atoms with van der Waals surface area (Å²) in [4.78, 5) is 28.0. The van der Waals surface area contributed by atoms with Gasteiger partial charge in [0.1, 0.15) is 0 Å². The molecule has 0 saturated heterocycles. The van der Waals surface area contributed by atoms with Gasteiger partial charge in [-0.05, 0) is 38.0 Å². The van der Waals surface area contributed by atoms with Crippen LogP contribution in [0, 0.1) is 5.92 Å². The maximum Gasteiger partial charge on any atom is 0.251 e. The molecule has 0 aromatic heterocycles. The Kier molecular flexibility index (Phi) is 11.6. The molecule has 7 nitrogen and oxygen atoms in total. The number of aliphatic imine (C=N–C) groups is 1. The van der Waals surface area contributed by atoms with Crippen LogP contribution >= 0.6 is 47.2 Å². The largest absolute Gasteiger partial charge is 0.357 e. The van der Waals surface area contributed by atoms with Crippen LogP contribution in [0.3, 0.4) is 0 Å². The molecule has 28 heavy (non-hydrogen) atoms. The van der Waals surface area contributed by atoms with Gasteiger partial charge in [-0.2, -0.15) is 0 Å². The number of nitrogens with one attached hydrogen (secondary N) is 4. The number of hydrogen-bond acceptors (Lipinski definition) is 3. The van der Waals surface area contributed by atoms with Gasteiger partial charge in [0.25, 0.3) is 5.91 Å². The van der Waals surface area contributed by atoms with Crippen LogP contribution in [0.2, 0.25) is 10.0 Å². The van der Waals surface area contributed by atoms with Crippen molar-refractivity contribution in [2.24, 2.45) is 10.9 Å². The van der Waals surface area contributed by atoms with E-state index in [1.165, 1.54) is 6.07 Å². The highest BCUT2D eigenvalue weighted by molar-refractivity contribution is 14.0. The molecule has 1 fully saturated rings. The Hall–Kier alpha value is -1.26. The van der Waals surface area contributed by atoms with Crippen molar-refractivity contribution in [2.75, 3.05) is 32.7 Å². The Morgan fingerprint density at radius 1 is 1.04 bits per heavy atom. The van der Waals surface area contributed by atoms with Crippen LogP contribution in [0.15, 0.2) is 23.2 Å². The average Bonchev–Trinajstić information content (AvgIpc) is 3.49. The molecular weight excluding hydrogens is 516 g/mol. The van der Waals surface area contributed by atoms with E-state index < -0.39 is 0 Å². The monoisotopic (exact) mass is 541 g/mol. The molecule has 0 atom stereocenters. The van der Waals surface area contributed by atoms with E-state index in [1.807, 2.05) is 6.92 Å². The third-order valence-electron chi connectivity index (χ3n) is 3.86. The number of carbonyl (C=O) groups is 2. The Bertz CT molecular complexity index is 699. The number of rotatable bonds is 9. The third-order valence-corrected chi connectivity index (χ3v) is 4.60. The lowest BCUT2D eigenvalue weighted by atomic mass is 10.2. The lowest BCUT2D eigenvalue weighted by Gasteiger charge is -2.12. The second kappa shape index (κ2) is 13.1. The van der Waals surface area contributed by atoms with Crippen molar-refractivity contribution in [1.82, 2.24) is 21.3 Å². The summed E-state index contributed by atoms with van der Waals surface area (Å²) < 4.78 is 0. The third kappa shape index (κ3) is 8.83. The Balaban J connectivity index is 0.00000392. The molecule has 2 rings (SSSR count). The fraction of sp³-hybridized carbons (Fsp3) is 0.500. The van der Waals surface area contributed by atoms with Gasteiger partial charge < -0.3 is 21.3 Å². The zero-order chi connectivity index (χ0) is 19.6. The van der Waals surface area contributed by atoms with Crippen molar-refractivity contribution in [3.8, 4) is 0 Å². The average molecular weight is 542 g/mol. The predicted molar refractivity (Wildman–Crippen MR) is 124 cm³/mol. The van der Waals surface area contributed by atoms with Crippen molar-refractivity contribution in [1.29, 1.82) is 0 Å². The van der Waals surface area contributed by atoms with Crippen molar-refractivity contribution >= 4 is 65.0 Å². The molecule has 2 amide bonds. The summed E-state index contributed by atoms with van der Waals surface area (Å²) in [5, 5.41) is 12.7. The maximum atomic E-state index is 12.1. The van der Waals surface area contributed by atoms with Gasteiger partial charge in [0.2, 0.25) is 5.91 Å². The second-order valence-electron chi connectivity index (χ2n) is 6.14. The zero-order valence-electron chi connectivity index (χ0n) is 15.7. The predicted octanol–water partition coefficient (Wildman–Crippen LogP) is 2.42. The van der Waals surface area contributed by atoms with Gasteiger partial charge in [0.15, 0.2) is 5.96 Å². The quantitative estimate of drug-likeness (QED) is 0.167.